The van der Waals surface area contributed by atoms with Crippen LogP contribution in [0.15, 0.2) is 50.1 Å². The third-order valence-electron chi connectivity index (χ3n) is 2.85. The van der Waals surface area contributed by atoms with Crippen molar-refractivity contribution in [1.29, 1.82) is 0 Å². The molecular weight excluding hydrogens is 314 g/mol. The number of para-hydroxylation sites is 1. The van der Waals surface area contributed by atoms with Crippen molar-refractivity contribution >= 4 is 43.6 Å². The Morgan fingerprint density at radius 3 is 2.58 bits per heavy atom. The molecule has 0 N–H and O–H groups in total. The van der Waals surface area contributed by atoms with Crippen molar-refractivity contribution in [3.05, 3.63) is 61.2 Å². The first kappa shape index (κ1) is 11.9. The summed E-state index contributed by atoms with van der Waals surface area (Å²) >= 11 is 3.09. The summed E-state index contributed by atoms with van der Waals surface area (Å²) in [6.07, 6.45) is 0. The van der Waals surface area contributed by atoms with Crippen molar-refractivity contribution < 1.29 is 9.34 Å². The summed E-state index contributed by atoms with van der Waals surface area (Å²) in [4.78, 5) is 22.9. The first-order valence-corrected chi connectivity index (χ1v) is 6.17. The summed E-state index contributed by atoms with van der Waals surface area (Å²) in [5, 5.41) is 11.4. The molecule has 1 aromatic heterocycles. The zero-order valence-electron chi connectivity index (χ0n) is 9.42. The maximum atomic E-state index is 12.4. The summed E-state index contributed by atoms with van der Waals surface area (Å²) < 4.78 is 5.80. The Hall–Kier alpha value is -2.21. The van der Waals surface area contributed by atoms with E-state index in [-0.39, 0.29) is 21.1 Å². The molecule has 94 valence electrons. The number of nitrogens with zero attached hydrogens (tertiary/aromatic N) is 1. The van der Waals surface area contributed by atoms with E-state index < -0.39 is 10.4 Å². The minimum atomic E-state index is -0.585. The fraction of sp³-hybridized carbons (Fsp3) is 0. The Balaban J connectivity index is 2.64. The van der Waals surface area contributed by atoms with Crippen LogP contribution in [-0.2, 0) is 0 Å². The third-order valence-corrected chi connectivity index (χ3v) is 3.49. The third kappa shape index (κ3) is 1.72. The highest BCUT2D eigenvalue weighted by Crippen LogP contribution is 2.32. The topological polar surface area (TPSA) is 73.3 Å². The van der Waals surface area contributed by atoms with Gasteiger partial charge in [-0.3, -0.25) is 14.9 Å². The van der Waals surface area contributed by atoms with E-state index in [1.165, 1.54) is 6.07 Å². The van der Waals surface area contributed by atoms with E-state index in [4.69, 9.17) is 4.42 Å². The molecule has 0 fully saturated rings. The second-order valence-corrected chi connectivity index (χ2v) is 4.81. The molecule has 19 heavy (non-hydrogen) atoms. The molecule has 0 saturated carbocycles. The zero-order chi connectivity index (χ0) is 13.6. The lowest BCUT2D eigenvalue weighted by Gasteiger charge is -2.03. The van der Waals surface area contributed by atoms with Gasteiger partial charge in [0.05, 0.1) is 14.8 Å². The minimum Gasteiger partial charge on any atom is -0.456 e. The number of hydrogen-bond acceptors (Lipinski definition) is 4. The van der Waals surface area contributed by atoms with Crippen LogP contribution in [0.25, 0.3) is 21.9 Å². The van der Waals surface area contributed by atoms with Crippen LogP contribution in [0.4, 0.5) is 5.69 Å². The second-order valence-electron chi connectivity index (χ2n) is 3.95. The van der Waals surface area contributed by atoms with E-state index in [0.717, 1.165) is 0 Å². The normalized spacial score (nSPS) is 11.0. The Morgan fingerprint density at radius 1 is 1.11 bits per heavy atom. The Bertz CT molecular complexity index is 885. The fourth-order valence-electron chi connectivity index (χ4n) is 2.03. The maximum Gasteiger partial charge on any atom is 0.298 e. The van der Waals surface area contributed by atoms with Crippen molar-refractivity contribution in [1.82, 2.24) is 0 Å². The second kappa shape index (κ2) is 4.17. The van der Waals surface area contributed by atoms with Gasteiger partial charge in [-0.1, -0.05) is 12.1 Å². The first-order valence-electron chi connectivity index (χ1n) is 5.38. The summed E-state index contributed by atoms with van der Waals surface area (Å²) in [6, 6.07) is 9.72. The number of hydrogen-bond donors (Lipinski definition) is 0. The Morgan fingerprint density at radius 2 is 1.84 bits per heavy atom. The molecule has 0 unspecified atom stereocenters. The molecule has 0 amide bonds. The Kier molecular flexibility index (Phi) is 2.60. The SMILES string of the molecule is O=c1c2ccccc2oc2ccc(Br)c([N+](=O)[O-])c12. The molecule has 1 heterocycles. The van der Waals surface area contributed by atoms with E-state index in [2.05, 4.69) is 15.9 Å². The van der Waals surface area contributed by atoms with E-state index in [0.29, 0.717) is 11.0 Å². The molecule has 0 bridgehead atoms. The molecule has 0 aliphatic rings. The predicted octanol–water partition coefficient (Wildman–Crippen LogP) is 3.62. The molecule has 0 aliphatic heterocycles. The minimum absolute atomic E-state index is 0.0157. The predicted molar refractivity (Wildman–Crippen MR) is 74.3 cm³/mol. The summed E-state index contributed by atoms with van der Waals surface area (Å²) in [5.41, 5.74) is -0.0444. The van der Waals surface area contributed by atoms with E-state index >= 15 is 0 Å². The number of benzene rings is 2. The highest BCUT2D eigenvalue weighted by molar-refractivity contribution is 9.10. The van der Waals surface area contributed by atoms with Gasteiger partial charge in [0.15, 0.2) is 0 Å². The van der Waals surface area contributed by atoms with Gasteiger partial charge in [-0.25, -0.2) is 0 Å². The van der Waals surface area contributed by atoms with Gasteiger partial charge in [0, 0.05) is 0 Å². The lowest BCUT2D eigenvalue weighted by atomic mass is 10.1. The molecule has 6 heteroatoms. The lowest BCUT2D eigenvalue weighted by molar-refractivity contribution is -0.383. The van der Waals surface area contributed by atoms with Crippen LogP contribution < -0.4 is 5.43 Å². The van der Waals surface area contributed by atoms with Crippen LogP contribution in [0.2, 0.25) is 0 Å². The number of halogens is 1. The standard InChI is InChI=1S/C13H6BrNO4/c14-8-5-6-10-11(12(8)15(17)18)13(16)7-3-1-2-4-9(7)19-10/h1-6H. The Labute approximate surface area is 114 Å². The lowest BCUT2D eigenvalue weighted by Crippen LogP contribution is -2.05. The highest BCUT2D eigenvalue weighted by Gasteiger charge is 2.22. The van der Waals surface area contributed by atoms with Crippen molar-refractivity contribution in [2.45, 2.75) is 0 Å². The molecule has 0 radical (unpaired) electrons. The van der Waals surface area contributed by atoms with Gasteiger partial charge in [0.25, 0.3) is 5.69 Å². The number of fused-ring (bicyclic) bond motifs is 2. The molecular formula is C13H6BrNO4. The van der Waals surface area contributed by atoms with Crippen LogP contribution in [0.5, 0.6) is 0 Å². The number of rotatable bonds is 1. The number of nitro groups is 1. The van der Waals surface area contributed by atoms with E-state index in [1.54, 1.807) is 30.3 Å². The van der Waals surface area contributed by atoms with Gasteiger partial charge in [-0.05, 0) is 40.2 Å². The maximum absolute atomic E-state index is 12.4. The van der Waals surface area contributed by atoms with Crippen molar-refractivity contribution in [3.8, 4) is 0 Å². The average molecular weight is 320 g/mol. The quantitative estimate of drug-likeness (QED) is 0.390. The molecule has 3 aromatic rings. The molecule has 0 atom stereocenters. The van der Waals surface area contributed by atoms with E-state index in [1.807, 2.05) is 0 Å². The van der Waals surface area contributed by atoms with Crippen LogP contribution in [0.3, 0.4) is 0 Å². The summed E-state index contributed by atoms with van der Waals surface area (Å²) in [5.74, 6) is 0. The first-order chi connectivity index (χ1) is 9.09. The molecule has 2 aromatic carbocycles. The van der Waals surface area contributed by atoms with Gasteiger partial charge in [-0.2, -0.15) is 0 Å². The van der Waals surface area contributed by atoms with Crippen LogP contribution in [0.1, 0.15) is 0 Å². The number of nitro benzene ring substituents is 1. The monoisotopic (exact) mass is 319 g/mol. The van der Waals surface area contributed by atoms with Gasteiger partial charge in [-0.15, -0.1) is 0 Å². The van der Waals surface area contributed by atoms with Gasteiger partial charge in [0.2, 0.25) is 5.43 Å². The summed E-state index contributed by atoms with van der Waals surface area (Å²) in [6.45, 7) is 0. The average Bonchev–Trinajstić information content (AvgIpc) is 2.39. The molecule has 5 nitrogen and oxygen atoms in total. The smallest absolute Gasteiger partial charge is 0.298 e. The van der Waals surface area contributed by atoms with Crippen LogP contribution >= 0.6 is 15.9 Å². The summed E-state index contributed by atoms with van der Waals surface area (Å²) in [7, 11) is 0. The van der Waals surface area contributed by atoms with E-state index in [9.17, 15) is 14.9 Å². The molecule has 0 spiro atoms. The molecule has 3 rings (SSSR count). The molecule has 0 aliphatic carbocycles. The van der Waals surface area contributed by atoms with Gasteiger partial charge >= 0.3 is 0 Å². The highest BCUT2D eigenvalue weighted by atomic mass is 79.9. The fourth-order valence-corrected chi connectivity index (χ4v) is 2.50. The zero-order valence-corrected chi connectivity index (χ0v) is 11.0. The van der Waals surface area contributed by atoms with Crippen LogP contribution in [-0.4, -0.2) is 4.92 Å². The van der Waals surface area contributed by atoms with Crippen molar-refractivity contribution in [2.24, 2.45) is 0 Å². The molecule has 0 saturated heterocycles. The van der Waals surface area contributed by atoms with Gasteiger partial charge in [0.1, 0.15) is 16.6 Å². The largest absolute Gasteiger partial charge is 0.456 e. The van der Waals surface area contributed by atoms with Crippen molar-refractivity contribution in [3.63, 3.8) is 0 Å². The van der Waals surface area contributed by atoms with Gasteiger partial charge < -0.3 is 4.42 Å². The van der Waals surface area contributed by atoms with Crippen molar-refractivity contribution in [2.75, 3.05) is 0 Å². The van der Waals surface area contributed by atoms with Crippen LogP contribution in [0, 0.1) is 10.1 Å².